The molecule has 0 aliphatic heterocycles. The largest absolute Gasteiger partial charge is 0.383 e. The van der Waals surface area contributed by atoms with Gasteiger partial charge in [0.25, 0.3) is 0 Å². The molecule has 1 heterocycles. The molecule has 5 heteroatoms. The summed E-state index contributed by atoms with van der Waals surface area (Å²) in [6, 6.07) is 1.10. The number of aromatic nitrogens is 1. The van der Waals surface area contributed by atoms with Gasteiger partial charge in [-0.15, -0.1) is 22.9 Å². The molecule has 0 saturated heterocycles. The van der Waals surface area contributed by atoms with Crippen molar-refractivity contribution in [2.75, 3.05) is 20.3 Å². The molecular weight excluding hydrogens is 256 g/mol. The zero-order valence-corrected chi connectivity index (χ0v) is 11.9. The second-order valence-electron chi connectivity index (χ2n) is 4.45. The van der Waals surface area contributed by atoms with E-state index in [1.165, 1.54) is 17.8 Å². The van der Waals surface area contributed by atoms with Crippen LogP contribution in [-0.4, -0.2) is 36.2 Å². The van der Waals surface area contributed by atoms with Gasteiger partial charge in [-0.25, -0.2) is 4.98 Å². The van der Waals surface area contributed by atoms with Crippen LogP contribution in [0.3, 0.4) is 0 Å². The summed E-state index contributed by atoms with van der Waals surface area (Å²) in [5.41, 5.74) is 0.987. The number of thiazole rings is 1. The van der Waals surface area contributed by atoms with E-state index in [-0.39, 0.29) is 0 Å². The SMILES string of the molecule is COCCN(C1CC1)C(C)c1nc(CCl)cs1. The predicted molar refractivity (Wildman–Crippen MR) is 71.7 cm³/mol. The van der Waals surface area contributed by atoms with Crippen molar-refractivity contribution in [3.8, 4) is 0 Å². The highest BCUT2D eigenvalue weighted by molar-refractivity contribution is 7.09. The number of alkyl halides is 1. The van der Waals surface area contributed by atoms with Crippen LogP contribution < -0.4 is 0 Å². The van der Waals surface area contributed by atoms with Crippen molar-refractivity contribution in [3.63, 3.8) is 0 Å². The van der Waals surface area contributed by atoms with Crippen LogP contribution >= 0.6 is 22.9 Å². The Morgan fingerprint density at radius 2 is 2.41 bits per heavy atom. The van der Waals surface area contributed by atoms with Crippen molar-refractivity contribution in [2.45, 2.75) is 37.7 Å². The first-order chi connectivity index (χ1) is 8.26. The number of nitrogens with zero attached hydrogens (tertiary/aromatic N) is 2. The Kier molecular flexibility index (Phi) is 4.79. The number of rotatable bonds is 7. The first-order valence-electron chi connectivity index (χ1n) is 6.01. The maximum atomic E-state index is 5.79. The van der Waals surface area contributed by atoms with Crippen LogP contribution in [0.4, 0.5) is 0 Å². The lowest BCUT2D eigenvalue weighted by Crippen LogP contribution is -2.32. The van der Waals surface area contributed by atoms with Crippen molar-refractivity contribution >= 4 is 22.9 Å². The average Bonchev–Trinajstić information content (AvgIpc) is 3.06. The van der Waals surface area contributed by atoms with E-state index in [2.05, 4.69) is 22.2 Å². The summed E-state index contributed by atoms with van der Waals surface area (Å²) in [4.78, 5) is 7.07. The van der Waals surface area contributed by atoms with Crippen LogP contribution in [0, 0.1) is 0 Å². The van der Waals surface area contributed by atoms with Gasteiger partial charge >= 0.3 is 0 Å². The van der Waals surface area contributed by atoms with Gasteiger partial charge in [-0.1, -0.05) is 0 Å². The first kappa shape index (κ1) is 13.3. The van der Waals surface area contributed by atoms with Crippen molar-refractivity contribution in [1.82, 2.24) is 9.88 Å². The summed E-state index contributed by atoms with van der Waals surface area (Å²) in [6.07, 6.45) is 2.61. The van der Waals surface area contributed by atoms with Crippen LogP contribution in [0.1, 0.15) is 36.5 Å². The molecule has 0 spiro atoms. The summed E-state index contributed by atoms with van der Waals surface area (Å²) in [7, 11) is 1.75. The summed E-state index contributed by atoms with van der Waals surface area (Å²) in [5, 5.41) is 3.23. The van der Waals surface area contributed by atoms with Gasteiger partial charge in [0.15, 0.2) is 0 Å². The molecule has 1 aliphatic carbocycles. The van der Waals surface area contributed by atoms with Gasteiger partial charge < -0.3 is 4.74 Å². The quantitative estimate of drug-likeness (QED) is 0.715. The Bertz CT molecular complexity index is 354. The fraction of sp³-hybridized carbons (Fsp3) is 0.750. The van der Waals surface area contributed by atoms with Gasteiger partial charge in [0.2, 0.25) is 0 Å². The molecule has 2 rings (SSSR count). The Morgan fingerprint density at radius 3 is 2.94 bits per heavy atom. The fourth-order valence-corrected chi connectivity index (χ4v) is 3.14. The minimum Gasteiger partial charge on any atom is -0.383 e. The summed E-state index contributed by atoms with van der Waals surface area (Å²) in [6.45, 7) is 4.00. The van der Waals surface area contributed by atoms with Crippen LogP contribution in [0.2, 0.25) is 0 Å². The highest BCUT2D eigenvalue weighted by Crippen LogP contribution is 2.34. The van der Waals surface area contributed by atoms with Crippen molar-refractivity contribution in [3.05, 3.63) is 16.1 Å². The number of hydrogen-bond acceptors (Lipinski definition) is 4. The molecule has 3 nitrogen and oxygen atoms in total. The van der Waals surface area contributed by atoms with E-state index in [4.69, 9.17) is 16.3 Å². The molecule has 1 aromatic heterocycles. The Morgan fingerprint density at radius 1 is 1.65 bits per heavy atom. The van der Waals surface area contributed by atoms with Crippen LogP contribution in [0.5, 0.6) is 0 Å². The third-order valence-electron chi connectivity index (χ3n) is 3.13. The summed E-state index contributed by atoms with van der Waals surface area (Å²) < 4.78 is 5.18. The first-order valence-corrected chi connectivity index (χ1v) is 7.42. The topological polar surface area (TPSA) is 25.4 Å². The Hall–Kier alpha value is -0.160. The molecule has 1 aliphatic rings. The van der Waals surface area contributed by atoms with E-state index in [1.54, 1.807) is 18.4 Å². The number of ether oxygens (including phenoxy) is 1. The van der Waals surface area contributed by atoms with Crippen molar-refractivity contribution < 1.29 is 4.74 Å². The van der Waals surface area contributed by atoms with E-state index in [1.807, 2.05) is 0 Å². The minimum absolute atomic E-state index is 0.375. The van der Waals surface area contributed by atoms with Gasteiger partial charge in [-0.3, -0.25) is 4.90 Å². The second-order valence-corrected chi connectivity index (χ2v) is 5.61. The molecule has 1 fully saturated rings. The summed E-state index contributed by atoms with van der Waals surface area (Å²) in [5.74, 6) is 0.505. The molecule has 0 aromatic carbocycles. The highest BCUT2D eigenvalue weighted by atomic mass is 35.5. The Labute approximate surface area is 112 Å². The lowest BCUT2D eigenvalue weighted by atomic mass is 10.3. The number of halogens is 1. The van der Waals surface area contributed by atoms with E-state index in [0.29, 0.717) is 11.9 Å². The standard InChI is InChI=1S/C12H19ClN2OS/c1-9(12-14-10(7-13)8-17-12)15(5-6-16-2)11-3-4-11/h8-9,11H,3-7H2,1-2H3. The highest BCUT2D eigenvalue weighted by Gasteiger charge is 2.33. The molecular formula is C12H19ClN2OS. The van der Waals surface area contributed by atoms with E-state index in [9.17, 15) is 0 Å². The zero-order chi connectivity index (χ0) is 12.3. The lowest BCUT2D eigenvalue weighted by Gasteiger charge is -2.27. The molecule has 0 amide bonds. The van der Waals surface area contributed by atoms with Crippen molar-refractivity contribution in [2.24, 2.45) is 0 Å². The van der Waals surface area contributed by atoms with Crippen LogP contribution in [-0.2, 0) is 10.6 Å². The third kappa shape index (κ3) is 3.41. The zero-order valence-electron chi connectivity index (χ0n) is 10.4. The van der Waals surface area contributed by atoms with E-state index in [0.717, 1.165) is 24.9 Å². The smallest absolute Gasteiger partial charge is 0.110 e. The molecule has 0 radical (unpaired) electrons. The lowest BCUT2D eigenvalue weighted by molar-refractivity contribution is 0.119. The molecule has 1 aromatic rings. The molecule has 0 N–H and O–H groups in total. The maximum absolute atomic E-state index is 5.79. The average molecular weight is 275 g/mol. The molecule has 1 saturated carbocycles. The Balaban J connectivity index is 2.01. The van der Waals surface area contributed by atoms with E-state index < -0.39 is 0 Å². The van der Waals surface area contributed by atoms with Crippen LogP contribution in [0.25, 0.3) is 0 Å². The maximum Gasteiger partial charge on any atom is 0.110 e. The van der Waals surface area contributed by atoms with Gasteiger partial charge in [-0.2, -0.15) is 0 Å². The molecule has 0 bridgehead atoms. The normalized spacial score (nSPS) is 17.6. The predicted octanol–water partition coefficient (Wildman–Crippen LogP) is 3.05. The van der Waals surface area contributed by atoms with E-state index >= 15 is 0 Å². The second kappa shape index (κ2) is 6.14. The molecule has 17 heavy (non-hydrogen) atoms. The van der Waals surface area contributed by atoms with Gasteiger partial charge in [-0.05, 0) is 19.8 Å². The third-order valence-corrected chi connectivity index (χ3v) is 4.47. The van der Waals surface area contributed by atoms with Gasteiger partial charge in [0.1, 0.15) is 5.01 Å². The molecule has 1 unspecified atom stereocenters. The summed E-state index contributed by atoms with van der Waals surface area (Å²) >= 11 is 7.50. The monoisotopic (exact) mass is 274 g/mol. The molecule has 1 atom stereocenters. The number of methoxy groups -OCH3 is 1. The van der Waals surface area contributed by atoms with Gasteiger partial charge in [0.05, 0.1) is 24.2 Å². The van der Waals surface area contributed by atoms with Crippen LogP contribution in [0.15, 0.2) is 5.38 Å². The van der Waals surface area contributed by atoms with Gasteiger partial charge in [0, 0.05) is 25.1 Å². The molecule has 96 valence electrons. The fourth-order valence-electron chi connectivity index (χ4n) is 2.01. The minimum atomic E-state index is 0.375. The number of hydrogen-bond donors (Lipinski definition) is 0. The van der Waals surface area contributed by atoms with Crippen molar-refractivity contribution in [1.29, 1.82) is 0 Å².